The van der Waals surface area contributed by atoms with Gasteiger partial charge in [0.15, 0.2) is 0 Å². The number of methoxy groups -OCH3 is 1. The summed E-state index contributed by atoms with van der Waals surface area (Å²) in [5, 5.41) is 2.83. The molecule has 1 aromatic carbocycles. The Kier molecular flexibility index (Phi) is 5.96. The SMILES string of the molecule is CCOC(=O)/C=C/C(C)(NC(C)=O)c1ccccc1OC. The maximum Gasteiger partial charge on any atom is 0.330 e. The Morgan fingerprint density at radius 3 is 2.57 bits per heavy atom. The Labute approximate surface area is 124 Å². The van der Waals surface area contributed by atoms with Gasteiger partial charge in [0.25, 0.3) is 0 Å². The number of nitrogens with one attached hydrogen (secondary N) is 1. The molecule has 5 heteroatoms. The van der Waals surface area contributed by atoms with E-state index in [0.29, 0.717) is 12.4 Å². The molecule has 0 fully saturated rings. The number of hydrogen-bond donors (Lipinski definition) is 1. The third kappa shape index (κ3) is 4.63. The second-order valence-corrected chi connectivity index (χ2v) is 4.67. The second-order valence-electron chi connectivity index (χ2n) is 4.67. The maximum absolute atomic E-state index is 11.5. The standard InChI is InChI=1S/C16H21NO4/c1-5-21-15(19)10-11-16(3,17-12(2)18)13-8-6-7-9-14(13)20-4/h6-11H,5H2,1-4H3,(H,17,18)/b11-10+. The third-order valence-corrected chi connectivity index (χ3v) is 2.94. The van der Waals surface area contributed by atoms with Crippen molar-refractivity contribution < 1.29 is 19.1 Å². The number of benzene rings is 1. The zero-order valence-corrected chi connectivity index (χ0v) is 12.8. The molecular formula is C16H21NO4. The third-order valence-electron chi connectivity index (χ3n) is 2.94. The first-order valence-corrected chi connectivity index (χ1v) is 6.71. The Morgan fingerprint density at radius 1 is 1.33 bits per heavy atom. The summed E-state index contributed by atoms with van der Waals surface area (Å²) < 4.78 is 10.2. The van der Waals surface area contributed by atoms with E-state index in [-0.39, 0.29) is 5.91 Å². The molecule has 1 N–H and O–H groups in total. The average molecular weight is 291 g/mol. The van der Waals surface area contributed by atoms with E-state index in [1.54, 1.807) is 33.1 Å². The summed E-state index contributed by atoms with van der Waals surface area (Å²) >= 11 is 0. The average Bonchev–Trinajstić information content (AvgIpc) is 2.45. The van der Waals surface area contributed by atoms with Gasteiger partial charge in [-0.3, -0.25) is 4.79 Å². The molecule has 0 radical (unpaired) electrons. The van der Waals surface area contributed by atoms with Gasteiger partial charge in [0.05, 0.1) is 19.3 Å². The number of esters is 1. The molecule has 0 saturated carbocycles. The molecule has 5 nitrogen and oxygen atoms in total. The molecule has 1 amide bonds. The quantitative estimate of drug-likeness (QED) is 0.644. The highest BCUT2D eigenvalue weighted by Crippen LogP contribution is 2.31. The molecule has 21 heavy (non-hydrogen) atoms. The van der Waals surface area contributed by atoms with Crippen LogP contribution in [0.4, 0.5) is 0 Å². The topological polar surface area (TPSA) is 64.6 Å². The van der Waals surface area contributed by atoms with Gasteiger partial charge in [0, 0.05) is 18.6 Å². The molecule has 114 valence electrons. The van der Waals surface area contributed by atoms with Crippen molar-refractivity contribution in [1.29, 1.82) is 0 Å². The number of rotatable bonds is 6. The van der Waals surface area contributed by atoms with Crippen LogP contribution in [0.1, 0.15) is 26.3 Å². The van der Waals surface area contributed by atoms with E-state index in [1.165, 1.54) is 13.0 Å². The van der Waals surface area contributed by atoms with Crippen LogP contribution in [0.3, 0.4) is 0 Å². The van der Waals surface area contributed by atoms with E-state index in [2.05, 4.69) is 5.32 Å². The highest BCUT2D eigenvalue weighted by Gasteiger charge is 2.28. The van der Waals surface area contributed by atoms with Crippen molar-refractivity contribution in [1.82, 2.24) is 5.32 Å². The Bertz CT molecular complexity index is 539. The number of carbonyl (C=O) groups excluding carboxylic acids is 2. The van der Waals surface area contributed by atoms with Crippen LogP contribution in [-0.2, 0) is 19.9 Å². The minimum Gasteiger partial charge on any atom is -0.496 e. The van der Waals surface area contributed by atoms with Gasteiger partial charge < -0.3 is 14.8 Å². The summed E-state index contributed by atoms with van der Waals surface area (Å²) in [7, 11) is 1.56. The van der Waals surface area contributed by atoms with E-state index in [9.17, 15) is 9.59 Å². The van der Waals surface area contributed by atoms with Gasteiger partial charge in [0.2, 0.25) is 5.91 Å². The monoisotopic (exact) mass is 291 g/mol. The fourth-order valence-electron chi connectivity index (χ4n) is 2.06. The number of carbonyl (C=O) groups is 2. The van der Waals surface area contributed by atoms with Gasteiger partial charge in [-0.05, 0) is 26.0 Å². The number of amides is 1. The lowest BCUT2D eigenvalue weighted by atomic mass is 9.90. The molecule has 1 unspecified atom stereocenters. The predicted molar refractivity (Wildman–Crippen MR) is 79.9 cm³/mol. The second kappa shape index (κ2) is 7.47. The normalized spacial score (nSPS) is 13.5. The Morgan fingerprint density at radius 2 is 2.00 bits per heavy atom. The molecule has 1 atom stereocenters. The van der Waals surface area contributed by atoms with Crippen LogP contribution in [0.25, 0.3) is 0 Å². The molecule has 0 aliphatic carbocycles. The summed E-state index contributed by atoms with van der Waals surface area (Å²) in [4.78, 5) is 23.0. The first kappa shape index (κ1) is 16.8. The molecule has 0 aliphatic heterocycles. The van der Waals surface area contributed by atoms with Gasteiger partial charge >= 0.3 is 5.97 Å². The van der Waals surface area contributed by atoms with Gasteiger partial charge in [-0.2, -0.15) is 0 Å². The van der Waals surface area contributed by atoms with Crippen molar-refractivity contribution in [2.75, 3.05) is 13.7 Å². The number of ether oxygens (including phenoxy) is 2. The zero-order chi connectivity index (χ0) is 15.9. The minimum absolute atomic E-state index is 0.211. The lowest BCUT2D eigenvalue weighted by molar-refractivity contribution is -0.137. The lowest BCUT2D eigenvalue weighted by Gasteiger charge is -2.29. The van der Waals surface area contributed by atoms with E-state index in [4.69, 9.17) is 9.47 Å². The minimum atomic E-state index is -0.870. The van der Waals surface area contributed by atoms with Crippen LogP contribution >= 0.6 is 0 Å². The fraction of sp³-hybridized carbons (Fsp3) is 0.375. The molecule has 0 spiro atoms. The van der Waals surface area contributed by atoms with Gasteiger partial charge in [-0.15, -0.1) is 0 Å². The molecule has 0 heterocycles. The van der Waals surface area contributed by atoms with Crippen molar-refractivity contribution in [3.8, 4) is 5.75 Å². The van der Waals surface area contributed by atoms with Crippen LogP contribution in [0.15, 0.2) is 36.4 Å². The highest BCUT2D eigenvalue weighted by atomic mass is 16.5. The van der Waals surface area contributed by atoms with Crippen LogP contribution in [0, 0.1) is 0 Å². The Balaban J connectivity index is 3.20. The maximum atomic E-state index is 11.5. The van der Waals surface area contributed by atoms with Gasteiger partial charge in [-0.25, -0.2) is 4.79 Å². The van der Waals surface area contributed by atoms with Gasteiger partial charge in [0.1, 0.15) is 5.75 Å². The molecule has 1 aromatic rings. The van der Waals surface area contributed by atoms with Crippen molar-refractivity contribution in [3.63, 3.8) is 0 Å². The summed E-state index contributed by atoms with van der Waals surface area (Å²) in [6, 6.07) is 7.32. The summed E-state index contributed by atoms with van der Waals surface area (Å²) in [5.41, 5.74) is -0.117. The molecule has 1 rings (SSSR count). The van der Waals surface area contributed by atoms with E-state index < -0.39 is 11.5 Å². The number of para-hydroxylation sites is 1. The molecule has 0 aliphatic rings. The molecule has 0 saturated heterocycles. The van der Waals surface area contributed by atoms with Crippen molar-refractivity contribution >= 4 is 11.9 Å². The van der Waals surface area contributed by atoms with Crippen molar-refractivity contribution in [2.24, 2.45) is 0 Å². The van der Waals surface area contributed by atoms with Crippen molar-refractivity contribution in [3.05, 3.63) is 42.0 Å². The van der Waals surface area contributed by atoms with E-state index >= 15 is 0 Å². The van der Waals surface area contributed by atoms with Crippen LogP contribution in [0.2, 0.25) is 0 Å². The molecular weight excluding hydrogens is 270 g/mol. The summed E-state index contributed by atoms with van der Waals surface area (Å²) in [6.07, 6.45) is 2.91. The highest BCUT2D eigenvalue weighted by molar-refractivity contribution is 5.82. The predicted octanol–water partition coefficient (Wildman–Crippen LogP) is 2.17. The zero-order valence-electron chi connectivity index (χ0n) is 12.8. The lowest BCUT2D eigenvalue weighted by Crippen LogP contribution is -2.41. The summed E-state index contributed by atoms with van der Waals surface area (Å²) in [6.45, 7) is 5.25. The van der Waals surface area contributed by atoms with Crippen LogP contribution < -0.4 is 10.1 Å². The molecule has 0 bridgehead atoms. The fourth-order valence-corrected chi connectivity index (χ4v) is 2.06. The largest absolute Gasteiger partial charge is 0.496 e. The van der Waals surface area contributed by atoms with Crippen molar-refractivity contribution in [2.45, 2.75) is 26.3 Å². The summed E-state index contributed by atoms with van der Waals surface area (Å²) in [5.74, 6) is -0.0388. The smallest absolute Gasteiger partial charge is 0.330 e. The van der Waals surface area contributed by atoms with Crippen LogP contribution in [-0.4, -0.2) is 25.6 Å². The Hall–Kier alpha value is -2.30. The van der Waals surface area contributed by atoms with E-state index in [1.807, 2.05) is 18.2 Å². The first-order valence-electron chi connectivity index (χ1n) is 6.71. The number of hydrogen-bond acceptors (Lipinski definition) is 4. The van der Waals surface area contributed by atoms with E-state index in [0.717, 1.165) is 5.56 Å². The first-order chi connectivity index (χ1) is 9.92. The van der Waals surface area contributed by atoms with Crippen LogP contribution in [0.5, 0.6) is 5.75 Å². The molecule has 0 aromatic heterocycles. The van der Waals surface area contributed by atoms with Gasteiger partial charge in [-0.1, -0.05) is 18.2 Å².